The fourth-order valence-electron chi connectivity index (χ4n) is 1.69. The Labute approximate surface area is 123 Å². The van der Waals surface area contributed by atoms with Gasteiger partial charge in [-0.2, -0.15) is 13.2 Å². The maximum atomic E-state index is 12.9. The quantitative estimate of drug-likeness (QED) is 0.624. The first kappa shape index (κ1) is 13.9. The number of anilines is 1. The topological polar surface area (TPSA) is 38.9 Å². The molecule has 2 nitrogen and oxygen atoms in total. The van der Waals surface area contributed by atoms with Crippen LogP contribution in [0, 0.1) is 10.5 Å². The first-order valence-electron chi connectivity index (χ1n) is 4.84. The number of halogens is 5. The monoisotopic (exact) mass is 430 g/mol. The highest BCUT2D eigenvalue weighted by Crippen LogP contribution is 2.39. The van der Waals surface area contributed by atoms with Crippen molar-refractivity contribution in [1.29, 1.82) is 0 Å². The van der Waals surface area contributed by atoms with E-state index in [0.29, 0.717) is 13.4 Å². The fraction of sp³-hybridized carbons (Fsp3) is 0.182. The molecule has 0 saturated heterocycles. The summed E-state index contributed by atoms with van der Waals surface area (Å²) in [6.45, 7) is 1.33. The van der Waals surface area contributed by atoms with Crippen molar-refractivity contribution in [3.05, 3.63) is 31.4 Å². The minimum Gasteiger partial charge on any atom is -0.398 e. The number of fused-ring (bicyclic) bond motifs is 1. The van der Waals surface area contributed by atoms with Crippen molar-refractivity contribution in [2.45, 2.75) is 13.1 Å². The zero-order valence-electron chi connectivity index (χ0n) is 9.07. The van der Waals surface area contributed by atoms with Gasteiger partial charge in [-0.15, -0.1) is 0 Å². The lowest BCUT2D eigenvalue weighted by molar-refractivity contribution is -0.141. The third-order valence-corrected chi connectivity index (χ3v) is 4.13. The van der Waals surface area contributed by atoms with Gasteiger partial charge in [0.25, 0.3) is 0 Å². The van der Waals surface area contributed by atoms with Crippen LogP contribution in [0.2, 0.25) is 0 Å². The molecule has 0 bridgehead atoms. The number of aromatic nitrogens is 1. The minimum atomic E-state index is -4.50. The average Bonchev–Trinajstić information content (AvgIpc) is 2.26. The number of benzene rings is 1. The molecule has 18 heavy (non-hydrogen) atoms. The van der Waals surface area contributed by atoms with Crippen LogP contribution in [0.25, 0.3) is 10.9 Å². The van der Waals surface area contributed by atoms with Crippen LogP contribution in [0.3, 0.4) is 0 Å². The summed E-state index contributed by atoms with van der Waals surface area (Å²) in [7, 11) is 0. The van der Waals surface area contributed by atoms with E-state index in [-0.39, 0.29) is 16.8 Å². The molecule has 0 aliphatic carbocycles. The summed E-state index contributed by atoms with van der Waals surface area (Å²) in [6.07, 6.45) is -4.50. The number of pyridine rings is 1. The molecule has 0 unspecified atom stereocenters. The molecule has 7 heteroatoms. The van der Waals surface area contributed by atoms with Crippen molar-refractivity contribution in [3.8, 4) is 0 Å². The molecular weight excluding hydrogens is 424 g/mol. The predicted octanol–water partition coefficient (Wildman–Crippen LogP) is 4.51. The lowest BCUT2D eigenvalue weighted by Crippen LogP contribution is -2.13. The molecule has 0 spiro atoms. The van der Waals surface area contributed by atoms with Crippen LogP contribution >= 0.6 is 38.5 Å². The van der Waals surface area contributed by atoms with E-state index < -0.39 is 11.9 Å². The largest absolute Gasteiger partial charge is 0.433 e. The Morgan fingerprint density at radius 2 is 1.94 bits per heavy atom. The van der Waals surface area contributed by atoms with Gasteiger partial charge in [0.2, 0.25) is 0 Å². The molecule has 0 aliphatic heterocycles. The van der Waals surface area contributed by atoms with Crippen LogP contribution in [0.1, 0.15) is 11.3 Å². The van der Waals surface area contributed by atoms with Gasteiger partial charge in [-0.05, 0) is 41.6 Å². The van der Waals surface area contributed by atoms with E-state index in [1.165, 1.54) is 6.92 Å². The molecule has 2 rings (SSSR count). The first-order chi connectivity index (χ1) is 8.23. The average molecular weight is 431 g/mol. The summed E-state index contributed by atoms with van der Waals surface area (Å²) >= 11 is 5.23. The molecule has 1 aromatic carbocycles. The Hall–Kier alpha value is -0.570. The lowest BCUT2D eigenvalue weighted by atomic mass is 10.1. The van der Waals surface area contributed by atoms with Crippen LogP contribution in [0.4, 0.5) is 18.9 Å². The van der Waals surface area contributed by atoms with E-state index in [0.717, 1.165) is 0 Å². The van der Waals surface area contributed by atoms with Crippen molar-refractivity contribution in [3.63, 3.8) is 0 Å². The van der Waals surface area contributed by atoms with Gasteiger partial charge < -0.3 is 5.73 Å². The Bertz CT molecular complexity index is 640. The summed E-state index contributed by atoms with van der Waals surface area (Å²) in [4.78, 5) is 3.72. The molecule has 0 fully saturated rings. The molecule has 0 saturated carbocycles. The SMILES string of the molecule is Cc1c(C(F)(F)F)nc2c(I)ccc(Br)c2c1N. The minimum absolute atomic E-state index is 0.0438. The Kier molecular flexibility index (Phi) is 3.48. The Morgan fingerprint density at radius 3 is 2.50 bits per heavy atom. The van der Waals surface area contributed by atoms with Gasteiger partial charge in [-0.1, -0.05) is 15.9 Å². The number of nitrogens with zero attached hydrogens (tertiary/aromatic N) is 1. The zero-order chi connectivity index (χ0) is 13.7. The van der Waals surface area contributed by atoms with Crippen molar-refractivity contribution < 1.29 is 13.2 Å². The standard InChI is InChI=1S/C11H7BrF3IN2/c1-4-8(17)7-5(12)2-3-6(16)9(7)18-10(4)11(13,14)15/h2-3H,1H3,(H2,17,18). The summed E-state index contributed by atoms with van der Waals surface area (Å²) < 4.78 is 39.8. The molecule has 1 aromatic heterocycles. The van der Waals surface area contributed by atoms with Gasteiger partial charge in [0.05, 0.1) is 5.52 Å². The van der Waals surface area contributed by atoms with Crippen molar-refractivity contribution >= 4 is 55.1 Å². The second kappa shape index (κ2) is 4.52. The Morgan fingerprint density at radius 1 is 1.33 bits per heavy atom. The van der Waals surface area contributed by atoms with Gasteiger partial charge in [0.1, 0.15) is 5.69 Å². The molecule has 96 valence electrons. The normalized spacial score (nSPS) is 12.1. The first-order valence-corrected chi connectivity index (χ1v) is 6.71. The number of nitrogen functional groups attached to an aromatic ring is 1. The third-order valence-electron chi connectivity index (χ3n) is 2.60. The number of nitrogens with two attached hydrogens (primary N) is 1. The summed E-state index contributed by atoms with van der Waals surface area (Å²) in [5.41, 5.74) is 5.21. The molecule has 2 aromatic rings. The van der Waals surface area contributed by atoms with E-state index in [1.807, 2.05) is 22.6 Å². The van der Waals surface area contributed by atoms with Crippen LogP contribution in [0.15, 0.2) is 16.6 Å². The third kappa shape index (κ3) is 2.18. The fourth-order valence-corrected chi connectivity index (χ4v) is 2.80. The van der Waals surface area contributed by atoms with Crippen LogP contribution in [-0.4, -0.2) is 4.98 Å². The van der Waals surface area contributed by atoms with Crippen molar-refractivity contribution in [2.75, 3.05) is 5.73 Å². The van der Waals surface area contributed by atoms with Crippen molar-refractivity contribution in [2.24, 2.45) is 0 Å². The molecule has 0 amide bonds. The summed E-state index contributed by atoms with van der Waals surface area (Å²) in [6, 6.07) is 3.43. The molecular formula is C11H7BrF3IN2. The van der Waals surface area contributed by atoms with E-state index in [2.05, 4.69) is 20.9 Å². The summed E-state index contributed by atoms with van der Waals surface area (Å²) in [5, 5.41) is 0.521. The maximum absolute atomic E-state index is 12.9. The zero-order valence-corrected chi connectivity index (χ0v) is 12.8. The highest BCUT2D eigenvalue weighted by molar-refractivity contribution is 14.1. The highest BCUT2D eigenvalue weighted by Gasteiger charge is 2.36. The predicted molar refractivity (Wildman–Crippen MR) is 76.3 cm³/mol. The van der Waals surface area contributed by atoms with Gasteiger partial charge in [0, 0.05) is 24.7 Å². The lowest BCUT2D eigenvalue weighted by Gasteiger charge is -2.15. The number of hydrogen-bond donors (Lipinski definition) is 1. The molecule has 0 aliphatic rings. The number of hydrogen-bond acceptors (Lipinski definition) is 2. The van der Waals surface area contributed by atoms with E-state index >= 15 is 0 Å². The van der Waals surface area contributed by atoms with E-state index in [9.17, 15) is 13.2 Å². The maximum Gasteiger partial charge on any atom is 0.433 e. The molecule has 0 atom stereocenters. The molecule has 2 N–H and O–H groups in total. The van der Waals surface area contributed by atoms with Gasteiger partial charge in [0.15, 0.2) is 0 Å². The van der Waals surface area contributed by atoms with Crippen LogP contribution < -0.4 is 5.73 Å². The number of rotatable bonds is 0. The second-order valence-electron chi connectivity index (χ2n) is 3.75. The van der Waals surface area contributed by atoms with E-state index in [1.54, 1.807) is 12.1 Å². The van der Waals surface area contributed by atoms with Crippen LogP contribution in [-0.2, 0) is 6.18 Å². The summed E-state index contributed by atoms with van der Waals surface area (Å²) in [5.74, 6) is 0. The van der Waals surface area contributed by atoms with Gasteiger partial charge >= 0.3 is 6.18 Å². The van der Waals surface area contributed by atoms with Gasteiger partial charge in [-0.3, -0.25) is 0 Å². The second-order valence-corrected chi connectivity index (χ2v) is 5.77. The molecule has 0 radical (unpaired) electrons. The van der Waals surface area contributed by atoms with E-state index in [4.69, 9.17) is 5.73 Å². The smallest absolute Gasteiger partial charge is 0.398 e. The van der Waals surface area contributed by atoms with Crippen molar-refractivity contribution in [1.82, 2.24) is 4.98 Å². The molecule has 1 heterocycles. The number of alkyl halides is 3. The Balaban J connectivity index is 2.97. The van der Waals surface area contributed by atoms with Crippen LogP contribution in [0.5, 0.6) is 0 Å². The van der Waals surface area contributed by atoms with Gasteiger partial charge in [-0.25, -0.2) is 4.98 Å². The highest BCUT2D eigenvalue weighted by atomic mass is 127.